The van der Waals surface area contributed by atoms with Crippen LogP contribution in [-0.2, 0) is 14.3 Å². The largest absolute Gasteiger partial charge is 0.481 e. The molecule has 0 aromatic heterocycles. The van der Waals surface area contributed by atoms with Gasteiger partial charge in [-0.05, 0) is 18.9 Å². The van der Waals surface area contributed by atoms with Gasteiger partial charge in [-0.25, -0.2) is 0 Å². The highest BCUT2D eigenvalue weighted by Gasteiger charge is 2.32. The van der Waals surface area contributed by atoms with Crippen LogP contribution in [0.2, 0.25) is 0 Å². The Morgan fingerprint density at radius 2 is 2.08 bits per heavy atom. The Hall–Kier alpha value is -1.10. The van der Waals surface area contributed by atoms with E-state index in [0.29, 0.717) is 13.0 Å². The summed E-state index contributed by atoms with van der Waals surface area (Å²) < 4.78 is 4.38. The highest BCUT2D eigenvalue weighted by Crippen LogP contribution is 2.16. The molecule has 0 saturated carbocycles. The fraction of sp³-hybridized carbons (Fsp3) is 0.750. The highest BCUT2D eigenvalue weighted by atomic mass is 16.5. The molecule has 0 radical (unpaired) electrons. The monoisotopic (exact) mass is 189 g/mol. The molecular formula is C8H15NO4. The fourth-order valence-electron chi connectivity index (χ4n) is 1.13. The van der Waals surface area contributed by atoms with Gasteiger partial charge in [0.2, 0.25) is 0 Å². The second-order valence-corrected chi connectivity index (χ2v) is 2.89. The van der Waals surface area contributed by atoms with Crippen molar-refractivity contribution in [1.29, 1.82) is 0 Å². The first kappa shape index (κ1) is 11.9. The number of nitrogens with two attached hydrogens (primary N) is 1. The molecule has 0 aliphatic carbocycles. The van der Waals surface area contributed by atoms with Crippen molar-refractivity contribution < 1.29 is 19.4 Å². The maximum absolute atomic E-state index is 11.0. The SMILES string of the molecule is COC(=O)C(C(=O)O)C(C)CCN. The number of aliphatic carboxylic acids is 1. The molecule has 0 rings (SSSR count). The summed E-state index contributed by atoms with van der Waals surface area (Å²) in [5.41, 5.74) is 5.26. The Kier molecular flexibility index (Phi) is 5.06. The molecule has 0 fully saturated rings. The van der Waals surface area contributed by atoms with Crippen LogP contribution in [0.1, 0.15) is 13.3 Å². The molecule has 0 aromatic carbocycles. The van der Waals surface area contributed by atoms with Crippen molar-refractivity contribution in [3.05, 3.63) is 0 Å². The Morgan fingerprint density at radius 1 is 1.54 bits per heavy atom. The second kappa shape index (κ2) is 5.53. The lowest BCUT2D eigenvalue weighted by Gasteiger charge is -2.16. The Morgan fingerprint density at radius 3 is 2.38 bits per heavy atom. The average Bonchev–Trinajstić information content (AvgIpc) is 2.04. The predicted molar refractivity (Wildman–Crippen MR) is 46.0 cm³/mol. The van der Waals surface area contributed by atoms with Crippen molar-refractivity contribution >= 4 is 11.9 Å². The van der Waals surface area contributed by atoms with E-state index in [1.807, 2.05) is 0 Å². The standard InChI is InChI=1S/C8H15NO4/c1-5(3-4-9)6(7(10)11)8(12)13-2/h5-6H,3-4,9H2,1-2H3,(H,10,11). The number of esters is 1. The summed E-state index contributed by atoms with van der Waals surface area (Å²) in [6.45, 7) is 2.03. The van der Waals surface area contributed by atoms with E-state index in [4.69, 9.17) is 10.8 Å². The number of carbonyl (C=O) groups is 2. The van der Waals surface area contributed by atoms with Gasteiger partial charge in [0.25, 0.3) is 0 Å². The molecular weight excluding hydrogens is 174 g/mol. The minimum atomic E-state index is -1.16. The third kappa shape index (κ3) is 3.42. The first-order valence-electron chi connectivity index (χ1n) is 4.05. The quantitative estimate of drug-likeness (QED) is 0.463. The zero-order valence-corrected chi connectivity index (χ0v) is 7.82. The van der Waals surface area contributed by atoms with Gasteiger partial charge >= 0.3 is 11.9 Å². The molecule has 0 heterocycles. The van der Waals surface area contributed by atoms with Crippen LogP contribution in [0.4, 0.5) is 0 Å². The van der Waals surface area contributed by atoms with Crippen LogP contribution < -0.4 is 5.73 Å². The predicted octanol–water partition coefficient (Wildman–Crippen LogP) is -0.155. The van der Waals surface area contributed by atoms with Crippen LogP contribution in [0, 0.1) is 11.8 Å². The number of carboxylic acid groups (broad SMARTS) is 1. The molecule has 0 aliphatic heterocycles. The zero-order chi connectivity index (χ0) is 10.4. The molecule has 5 nitrogen and oxygen atoms in total. The van der Waals surface area contributed by atoms with Crippen molar-refractivity contribution in [1.82, 2.24) is 0 Å². The van der Waals surface area contributed by atoms with Crippen molar-refractivity contribution in [2.24, 2.45) is 17.6 Å². The summed E-state index contributed by atoms with van der Waals surface area (Å²) in [5, 5.41) is 8.73. The molecule has 2 atom stereocenters. The van der Waals surface area contributed by atoms with E-state index in [-0.39, 0.29) is 5.92 Å². The van der Waals surface area contributed by atoms with Gasteiger partial charge in [-0.15, -0.1) is 0 Å². The Balaban J connectivity index is 4.41. The molecule has 76 valence electrons. The third-order valence-corrected chi connectivity index (χ3v) is 1.91. The number of ether oxygens (including phenoxy) is 1. The number of hydrogen-bond donors (Lipinski definition) is 2. The van der Waals surface area contributed by atoms with E-state index in [1.54, 1.807) is 6.92 Å². The number of hydrogen-bond acceptors (Lipinski definition) is 4. The van der Waals surface area contributed by atoms with E-state index in [0.717, 1.165) is 0 Å². The van der Waals surface area contributed by atoms with Crippen LogP contribution in [0.5, 0.6) is 0 Å². The summed E-state index contributed by atoms with van der Waals surface area (Å²) in [4.78, 5) is 21.7. The molecule has 3 N–H and O–H groups in total. The minimum absolute atomic E-state index is 0.296. The van der Waals surface area contributed by atoms with Gasteiger partial charge in [0.15, 0.2) is 5.92 Å². The van der Waals surface area contributed by atoms with E-state index in [1.165, 1.54) is 7.11 Å². The summed E-state index contributed by atoms with van der Waals surface area (Å²) in [7, 11) is 1.17. The topological polar surface area (TPSA) is 89.6 Å². The van der Waals surface area contributed by atoms with Gasteiger partial charge in [0, 0.05) is 0 Å². The maximum atomic E-state index is 11.0. The highest BCUT2D eigenvalue weighted by molar-refractivity contribution is 5.94. The summed E-state index contributed by atoms with van der Waals surface area (Å²) in [6.07, 6.45) is 0.492. The van der Waals surface area contributed by atoms with Gasteiger partial charge in [0.05, 0.1) is 7.11 Å². The van der Waals surface area contributed by atoms with Gasteiger partial charge < -0.3 is 15.6 Å². The fourth-order valence-corrected chi connectivity index (χ4v) is 1.13. The van der Waals surface area contributed by atoms with Crippen LogP contribution in [-0.4, -0.2) is 30.7 Å². The van der Waals surface area contributed by atoms with Crippen molar-refractivity contribution in [2.75, 3.05) is 13.7 Å². The third-order valence-electron chi connectivity index (χ3n) is 1.91. The van der Waals surface area contributed by atoms with E-state index in [9.17, 15) is 9.59 Å². The van der Waals surface area contributed by atoms with Crippen LogP contribution >= 0.6 is 0 Å². The van der Waals surface area contributed by atoms with Crippen LogP contribution in [0.25, 0.3) is 0 Å². The smallest absolute Gasteiger partial charge is 0.320 e. The van der Waals surface area contributed by atoms with Crippen molar-refractivity contribution in [2.45, 2.75) is 13.3 Å². The first-order valence-corrected chi connectivity index (χ1v) is 4.05. The first-order chi connectivity index (χ1) is 6.04. The lowest BCUT2D eigenvalue weighted by Crippen LogP contribution is -2.32. The van der Waals surface area contributed by atoms with Crippen molar-refractivity contribution in [3.8, 4) is 0 Å². The lowest BCUT2D eigenvalue weighted by molar-refractivity contribution is -0.159. The number of rotatable bonds is 5. The normalized spacial score (nSPS) is 14.7. The molecule has 2 unspecified atom stereocenters. The molecule has 5 heteroatoms. The lowest BCUT2D eigenvalue weighted by atomic mass is 9.91. The molecule has 0 spiro atoms. The minimum Gasteiger partial charge on any atom is -0.481 e. The summed E-state index contributed by atoms with van der Waals surface area (Å²) in [6, 6.07) is 0. The van der Waals surface area contributed by atoms with E-state index >= 15 is 0 Å². The van der Waals surface area contributed by atoms with Crippen LogP contribution in [0.15, 0.2) is 0 Å². The Labute approximate surface area is 76.9 Å². The van der Waals surface area contributed by atoms with Gasteiger partial charge in [-0.1, -0.05) is 6.92 Å². The van der Waals surface area contributed by atoms with Gasteiger partial charge in [0.1, 0.15) is 0 Å². The summed E-state index contributed by atoms with van der Waals surface area (Å²) >= 11 is 0. The number of carbonyl (C=O) groups excluding carboxylic acids is 1. The Bertz CT molecular complexity index is 193. The van der Waals surface area contributed by atoms with Crippen LogP contribution in [0.3, 0.4) is 0 Å². The molecule has 0 saturated heterocycles. The molecule has 0 aromatic rings. The maximum Gasteiger partial charge on any atom is 0.320 e. The molecule has 0 amide bonds. The van der Waals surface area contributed by atoms with E-state index in [2.05, 4.69) is 4.74 Å². The second-order valence-electron chi connectivity index (χ2n) is 2.89. The van der Waals surface area contributed by atoms with Gasteiger partial charge in [-0.2, -0.15) is 0 Å². The number of methoxy groups -OCH3 is 1. The van der Waals surface area contributed by atoms with Crippen molar-refractivity contribution in [3.63, 3.8) is 0 Å². The number of carboxylic acids is 1. The molecule has 0 aliphatic rings. The van der Waals surface area contributed by atoms with Gasteiger partial charge in [-0.3, -0.25) is 9.59 Å². The van der Waals surface area contributed by atoms with E-state index < -0.39 is 17.9 Å². The molecule has 13 heavy (non-hydrogen) atoms. The molecule has 0 bridgehead atoms. The average molecular weight is 189 g/mol. The summed E-state index contributed by atoms with van der Waals surface area (Å²) in [5.74, 6) is -3.27. The zero-order valence-electron chi connectivity index (χ0n) is 7.82.